The molecule has 2 rings (SSSR count). The Bertz CT molecular complexity index is 629. The van der Waals surface area contributed by atoms with Crippen LogP contribution in [0.25, 0.3) is 0 Å². The third kappa shape index (κ3) is 2.56. The van der Waals surface area contributed by atoms with Crippen molar-refractivity contribution in [2.75, 3.05) is 17.2 Å². The Morgan fingerprint density at radius 1 is 1.30 bits per heavy atom. The lowest BCUT2D eigenvalue weighted by atomic mass is 10.1. The van der Waals surface area contributed by atoms with Gasteiger partial charge in [0, 0.05) is 18.3 Å². The zero-order chi connectivity index (χ0) is 14.7. The number of carboxylic acids is 1. The fourth-order valence-corrected chi connectivity index (χ4v) is 2.08. The second-order valence-electron chi connectivity index (χ2n) is 4.28. The van der Waals surface area contributed by atoms with Gasteiger partial charge in [0.2, 0.25) is 0 Å². The molecule has 2 aromatic rings. The van der Waals surface area contributed by atoms with E-state index in [4.69, 9.17) is 10.8 Å². The highest BCUT2D eigenvalue weighted by molar-refractivity contribution is 5.91. The third-order valence-corrected chi connectivity index (χ3v) is 3.02. The highest BCUT2D eigenvalue weighted by Gasteiger charge is 2.17. The first-order valence-electron chi connectivity index (χ1n) is 6.19. The average Bonchev–Trinajstić information content (AvgIpc) is 2.44. The largest absolute Gasteiger partial charge is 0.478 e. The van der Waals surface area contributed by atoms with Crippen molar-refractivity contribution in [1.82, 2.24) is 0 Å². The Morgan fingerprint density at radius 3 is 2.50 bits per heavy atom. The van der Waals surface area contributed by atoms with Crippen molar-refractivity contribution in [3.63, 3.8) is 0 Å². The van der Waals surface area contributed by atoms with Crippen LogP contribution < -0.4 is 10.6 Å². The lowest BCUT2D eigenvalue weighted by Crippen LogP contribution is -2.18. The van der Waals surface area contributed by atoms with E-state index in [0.717, 1.165) is 17.8 Å². The van der Waals surface area contributed by atoms with Crippen molar-refractivity contribution in [2.24, 2.45) is 0 Å². The van der Waals surface area contributed by atoms with Crippen LogP contribution in [0.1, 0.15) is 17.3 Å². The molecule has 2 aromatic carbocycles. The number of nitrogens with two attached hydrogens (primary N) is 1. The van der Waals surface area contributed by atoms with Crippen molar-refractivity contribution in [3.8, 4) is 0 Å². The Labute approximate surface area is 116 Å². The predicted octanol–water partition coefficient (Wildman–Crippen LogP) is 3.26. The molecule has 0 aliphatic carbocycles. The molecule has 0 radical (unpaired) electrons. The normalized spacial score (nSPS) is 10.3. The molecular formula is C15H15FN2O2. The Hall–Kier alpha value is -2.56. The van der Waals surface area contributed by atoms with Crippen LogP contribution >= 0.6 is 0 Å². The summed E-state index contributed by atoms with van der Waals surface area (Å²) in [6, 6.07) is 11.7. The molecule has 104 valence electrons. The maximum absolute atomic E-state index is 13.8. The van der Waals surface area contributed by atoms with E-state index in [1.807, 2.05) is 42.2 Å². The van der Waals surface area contributed by atoms with Gasteiger partial charge in [-0.05, 0) is 25.1 Å². The summed E-state index contributed by atoms with van der Waals surface area (Å²) in [5.41, 5.74) is 7.00. The van der Waals surface area contributed by atoms with Crippen molar-refractivity contribution in [3.05, 3.63) is 53.8 Å². The molecule has 0 aromatic heterocycles. The van der Waals surface area contributed by atoms with Crippen LogP contribution in [0.2, 0.25) is 0 Å². The molecule has 0 amide bonds. The van der Waals surface area contributed by atoms with Gasteiger partial charge < -0.3 is 15.7 Å². The summed E-state index contributed by atoms with van der Waals surface area (Å²) in [6.45, 7) is 2.50. The molecule has 20 heavy (non-hydrogen) atoms. The van der Waals surface area contributed by atoms with Gasteiger partial charge in [-0.15, -0.1) is 0 Å². The Kier molecular flexibility index (Phi) is 3.89. The number of anilines is 3. The molecule has 0 saturated heterocycles. The molecule has 0 aliphatic rings. The summed E-state index contributed by atoms with van der Waals surface area (Å²) in [7, 11) is 0. The van der Waals surface area contributed by atoms with Gasteiger partial charge in [0.15, 0.2) is 0 Å². The minimum atomic E-state index is -1.33. The quantitative estimate of drug-likeness (QED) is 0.840. The zero-order valence-corrected chi connectivity index (χ0v) is 11.0. The van der Waals surface area contributed by atoms with Crippen LogP contribution in [0.4, 0.5) is 21.5 Å². The standard InChI is InChI=1S/C15H15FN2O2/c1-2-18(10-6-4-3-5-7-10)14-9-12(16)11(15(19)20)8-13(14)17/h3-9H,2,17H2,1H3,(H,19,20). The van der Waals surface area contributed by atoms with Crippen LogP contribution in [0, 0.1) is 5.82 Å². The smallest absolute Gasteiger partial charge is 0.338 e. The van der Waals surface area contributed by atoms with Gasteiger partial charge >= 0.3 is 5.97 Å². The van der Waals surface area contributed by atoms with Gasteiger partial charge in [0.1, 0.15) is 5.82 Å². The van der Waals surface area contributed by atoms with E-state index in [1.54, 1.807) is 0 Å². The van der Waals surface area contributed by atoms with Gasteiger partial charge in [-0.1, -0.05) is 18.2 Å². The van der Waals surface area contributed by atoms with Crippen molar-refractivity contribution in [1.29, 1.82) is 0 Å². The van der Waals surface area contributed by atoms with E-state index in [9.17, 15) is 9.18 Å². The minimum absolute atomic E-state index is 0.231. The van der Waals surface area contributed by atoms with E-state index in [-0.39, 0.29) is 5.69 Å². The monoisotopic (exact) mass is 274 g/mol. The topological polar surface area (TPSA) is 66.6 Å². The molecule has 0 spiro atoms. The first-order chi connectivity index (χ1) is 9.54. The molecule has 5 heteroatoms. The average molecular weight is 274 g/mol. The maximum atomic E-state index is 13.8. The first-order valence-corrected chi connectivity index (χ1v) is 6.19. The van der Waals surface area contributed by atoms with E-state index in [2.05, 4.69) is 0 Å². The summed E-state index contributed by atoms with van der Waals surface area (Å²) < 4.78 is 13.8. The molecule has 0 saturated carbocycles. The van der Waals surface area contributed by atoms with Crippen LogP contribution in [0.15, 0.2) is 42.5 Å². The highest BCUT2D eigenvalue weighted by atomic mass is 19.1. The van der Waals surface area contributed by atoms with Gasteiger partial charge in [-0.2, -0.15) is 0 Å². The Balaban J connectivity index is 2.51. The van der Waals surface area contributed by atoms with Gasteiger partial charge in [0.05, 0.1) is 16.9 Å². The Morgan fingerprint density at radius 2 is 1.95 bits per heavy atom. The molecule has 0 unspecified atom stereocenters. The predicted molar refractivity (Wildman–Crippen MR) is 76.9 cm³/mol. The number of hydrogen-bond donors (Lipinski definition) is 2. The fourth-order valence-electron chi connectivity index (χ4n) is 2.08. The van der Waals surface area contributed by atoms with E-state index in [0.29, 0.717) is 12.2 Å². The second-order valence-corrected chi connectivity index (χ2v) is 4.28. The number of nitrogens with zero attached hydrogens (tertiary/aromatic N) is 1. The minimum Gasteiger partial charge on any atom is -0.478 e. The summed E-state index contributed by atoms with van der Waals surface area (Å²) in [5, 5.41) is 8.88. The SMILES string of the molecule is CCN(c1ccccc1)c1cc(F)c(C(=O)O)cc1N. The summed E-state index contributed by atoms with van der Waals surface area (Å²) >= 11 is 0. The van der Waals surface area contributed by atoms with Crippen LogP contribution in [0.3, 0.4) is 0 Å². The van der Waals surface area contributed by atoms with Crippen LogP contribution in [0.5, 0.6) is 0 Å². The number of nitrogen functional groups attached to an aromatic ring is 1. The zero-order valence-electron chi connectivity index (χ0n) is 11.0. The first kappa shape index (κ1) is 13.9. The number of carbonyl (C=O) groups is 1. The molecule has 0 aliphatic heterocycles. The van der Waals surface area contributed by atoms with Crippen molar-refractivity contribution < 1.29 is 14.3 Å². The summed E-state index contributed by atoms with van der Waals surface area (Å²) in [5.74, 6) is -2.13. The van der Waals surface area contributed by atoms with Gasteiger partial charge in [-0.3, -0.25) is 0 Å². The lowest BCUT2D eigenvalue weighted by Gasteiger charge is -2.25. The number of para-hydroxylation sites is 1. The summed E-state index contributed by atoms with van der Waals surface area (Å²) in [6.07, 6.45) is 0. The molecule has 3 N–H and O–H groups in total. The van der Waals surface area contributed by atoms with Crippen LogP contribution in [-0.2, 0) is 0 Å². The third-order valence-electron chi connectivity index (χ3n) is 3.02. The molecule has 0 heterocycles. The van der Waals surface area contributed by atoms with E-state index < -0.39 is 17.3 Å². The number of halogens is 1. The van der Waals surface area contributed by atoms with Gasteiger partial charge in [-0.25, -0.2) is 9.18 Å². The maximum Gasteiger partial charge on any atom is 0.338 e. The number of rotatable bonds is 4. The second kappa shape index (κ2) is 5.61. The number of carboxylic acid groups (broad SMARTS) is 1. The molecule has 0 bridgehead atoms. The van der Waals surface area contributed by atoms with E-state index >= 15 is 0 Å². The molecular weight excluding hydrogens is 259 g/mol. The van der Waals surface area contributed by atoms with Crippen molar-refractivity contribution >= 4 is 23.0 Å². The molecule has 4 nitrogen and oxygen atoms in total. The lowest BCUT2D eigenvalue weighted by molar-refractivity contribution is 0.0692. The number of hydrogen-bond acceptors (Lipinski definition) is 3. The van der Waals surface area contributed by atoms with E-state index in [1.165, 1.54) is 0 Å². The molecule has 0 atom stereocenters. The summed E-state index contributed by atoms with van der Waals surface area (Å²) in [4.78, 5) is 12.7. The van der Waals surface area contributed by atoms with Gasteiger partial charge in [0.25, 0.3) is 0 Å². The fraction of sp³-hybridized carbons (Fsp3) is 0.133. The highest BCUT2D eigenvalue weighted by Crippen LogP contribution is 2.32. The van der Waals surface area contributed by atoms with Crippen molar-refractivity contribution in [2.45, 2.75) is 6.92 Å². The molecule has 0 fully saturated rings. The number of benzene rings is 2. The van der Waals surface area contributed by atoms with Crippen LogP contribution in [-0.4, -0.2) is 17.6 Å². The number of aromatic carboxylic acids is 1.